The van der Waals surface area contributed by atoms with E-state index in [1.807, 2.05) is 97.9 Å². The number of rotatable bonds is 9. The summed E-state index contributed by atoms with van der Waals surface area (Å²) in [6.07, 6.45) is 2.51. The fourth-order valence-corrected chi connectivity index (χ4v) is 5.83. The number of benzene rings is 4. The second-order valence-corrected chi connectivity index (χ2v) is 10.9. The fourth-order valence-electron chi connectivity index (χ4n) is 4.79. The van der Waals surface area contributed by atoms with E-state index < -0.39 is 0 Å². The van der Waals surface area contributed by atoms with Gasteiger partial charge in [-0.1, -0.05) is 71.9 Å². The molecule has 0 aromatic heterocycles. The van der Waals surface area contributed by atoms with Crippen molar-refractivity contribution in [3.05, 3.63) is 124 Å². The van der Waals surface area contributed by atoms with Gasteiger partial charge in [0.2, 0.25) is 0 Å². The van der Waals surface area contributed by atoms with Crippen molar-refractivity contribution in [1.82, 2.24) is 5.32 Å². The van der Waals surface area contributed by atoms with E-state index in [0.29, 0.717) is 30.0 Å². The van der Waals surface area contributed by atoms with Crippen LogP contribution in [0.1, 0.15) is 32.6 Å². The van der Waals surface area contributed by atoms with Gasteiger partial charge < -0.3 is 19.7 Å². The quantitative estimate of drug-likeness (QED) is 0.230. The summed E-state index contributed by atoms with van der Waals surface area (Å²) in [5.41, 5.74) is 5.29. The minimum atomic E-state index is -0.201. The average molecular weight is 565 g/mol. The second-order valence-electron chi connectivity index (χ2n) is 9.77. The Balaban J connectivity index is 1.39. The highest BCUT2D eigenvalue weighted by molar-refractivity contribution is 8.04. The lowest BCUT2D eigenvalue weighted by Crippen LogP contribution is -2.34. The molecule has 1 heterocycles. The molecular formula is C34H32N2O4S. The van der Waals surface area contributed by atoms with Crippen molar-refractivity contribution in [3.63, 3.8) is 0 Å². The molecule has 2 amide bonds. The lowest BCUT2D eigenvalue weighted by atomic mass is 10.1. The highest BCUT2D eigenvalue weighted by Crippen LogP contribution is 2.43. The van der Waals surface area contributed by atoms with Crippen LogP contribution in [0.2, 0.25) is 0 Å². The summed E-state index contributed by atoms with van der Waals surface area (Å²) < 4.78 is 10.8. The van der Waals surface area contributed by atoms with Crippen LogP contribution in [-0.2, 0) is 17.8 Å². The molecule has 41 heavy (non-hydrogen) atoms. The smallest absolute Gasteiger partial charge is 0.265 e. The zero-order chi connectivity index (χ0) is 28.8. The predicted molar refractivity (Wildman–Crippen MR) is 165 cm³/mol. The van der Waals surface area contributed by atoms with E-state index in [2.05, 4.69) is 11.4 Å². The lowest BCUT2D eigenvalue weighted by molar-refractivity contribution is -0.114. The van der Waals surface area contributed by atoms with Gasteiger partial charge in [0.25, 0.3) is 11.8 Å². The van der Waals surface area contributed by atoms with E-state index in [1.54, 1.807) is 19.1 Å². The molecule has 208 valence electrons. The number of fused-ring (bicyclic) bond motifs is 1. The largest absolute Gasteiger partial charge is 0.497 e. The molecule has 6 nitrogen and oxygen atoms in total. The Bertz CT molecular complexity index is 1600. The van der Waals surface area contributed by atoms with Crippen molar-refractivity contribution in [1.29, 1.82) is 0 Å². The van der Waals surface area contributed by atoms with Crippen LogP contribution in [0.4, 0.5) is 5.69 Å². The highest BCUT2D eigenvalue weighted by Gasteiger charge is 2.30. The van der Waals surface area contributed by atoms with E-state index in [9.17, 15) is 9.59 Å². The molecule has 0 fully saturated rings. The summed E-state index contributed by atoms with van der Waals surface area (Å²) >= 11 is 1.43. The number of aryl methyl sites for hydroxylation is 1. The number of carbonyl (C=O) groups excluding carboxylic acids is 2. The molecule has 0 saturated heterocycles. The molecule has 0 bridgehead atoms. The molecule has 0 aliphatic carbocycles. The van der Waals surface area contributed by atoms with Crippen LogP contribution < -0.4 is 19.7 Å². The Morgan fingerprint density at radius 2 is 1.76 bits per heavy atom. The van der Waals surface area contributed by atoms with Crippen LogP contribution in [0.5, 0.6) is 11.5 Å². The Morgan fingerprint density at radius 3 is 2.51 bits per heavy atom. The van der Waals surface area contributed by atoms with Gasteiger partial charge >= 0.3 is 0 Å². The molecule has 1 N–H and O–H groups in total. The van der Waals surface area contributed by atoms with Gasteiger partial charge in [0.15, 0.2) is 0 Å². The van der Waals surface area contributed by atoms with Crippen LogP contribution in [0.25, 0.3) is 6.08 Å². The van der Waals surface area contributed by atoms with Crippen LogP contribution in [0, 0.1) is 6.92 Å². The SMILES string of the molecule is COc1ccc(OC)c(CCNC(=O)c2ccc3c(c2)N(Cc2cccc(C)c2)C(=O)/C(=C/c2ccccc2)S3)c1. The second kappa shape index (κ2) is 12.8. The summed E-state index contributed by atoms with van der Waals surface area (Å²) in [6, 6.07) is 29.1. The van der Waals surface area contributed by atoms with Gasteiger partial charge in [-0.25, -0.2) is 0 Å². The molecule has 0 radical (unpaired) electrons. The number of ether oxygens (including phenoxy) is 2. The first-order valence-corrected chi connectivity index (χ1v) is 14.2. The Morgan fingerprint density at radius 1 is 0.927 bits per heavy atom. The third-order valence-corrected chi connectivity index (χ3v) is 7.95. The molecule has 0 unspecified atom stereocenters. The minimum absolute atomic E-state index is 0.0875. The predicted octanol–water partition coefficient (Wildman–Crippen LogP) is 6.66. The van der Waals surface area contributed by atoms with Crippen molar-refractivity contribution in [2.75, 3.05) is 25.7 Å². The van der Waals surface area contributed by atoms with Gasteiger partial charge in [0.05, 0.1) is 31.4 Å². The summed E-state index contributed by atoms with van der Waals surface area (Å²) in [5.74, 6) is 1.19. The molecule has 5 rings (SSSR count). The number of hydrogen-bond acceptors (Lipinski definition) is 5. The van der Waals surface area contributed by atoms with Gasteiger partial charge in [0.1, 0.15) is 11.5 Å². The molecular weight excluding hydrogens is 532 g/mol. The summed E-state index contributed by atoms with van der Waals surface area (Å²) in [5, 5.41) is 3.01. The first kappa shape index (κ1) is 28.1. The fraction of sp³-hybridized carbons (Fsp3) is 0.176. The summed E-state index contributed by atoms with van der Waals surface area (Å²) in [7, 11) is 3.24. The topological polar surface area (TPSA) is 67.9 Å². The van der Waals surface area contributed by atoms with Gasteiger partial charge in [-0.05, 0) is 72.5 Å². The molecule has 0 saturated carbocycles. The van der Waals surface area contributed by atoms with Gasteiger partial charge in [-0.2, -0.15) is 0 Å². The third-order valence-electron chi connectivity index (χ3n) is 6.88. The average Bonchev–Trinajstić information content (AvgIpc) is 2.99. The summed E-state index contributed by atoms with van der Waals surface area (Å²) in [4.78, 5) is 30.4. The van der Waals surface area contributed by atoms with Crippen molar-refractivity contribution >= 4 is 35.3 Å². The van der Waals surface area contributed by atoms with Crippen LogP contribution >= 0.6 is 11.8 Å². The maximum Gasteiger partial charge on any atom is 0.265 e. The number of hydrogen-bond donors (Lipinski definition) is 1. The Kier molecular flexibility index (Phi) is 8.75. The number of carbonyl (C=O) groups is 2. The standard InChI is InChI=1S/C34H32N2O4S/c1-23-8-7-11-25(18-23)22-36-29-21-27(33(37)35-17-16-26-20-28(39-2)13-14-30(26)40-3)12-15-31(29)41-32(34(36)38)19-24-9-5-4-6-10-24/h4-15,18-21H,16-17,22H2,1-3H3,(H,35,37)/b32-19-. The third kappa shape index (κ3) is 6.64. The first-order valence-electron chi connectivity index (χ1n) is 13.4. The maximum atomic E-state index is 13.8. The Hall–Kier alpha value is -4.49. The molecule has 0 atom stereocenters. The van der Waals surface area contributed by atoms with Gasteiger partial charge in [-0.15, -0.1) is 0 Å². The van der Waals surface area contributed by atoms with E-state index in [4.69, 9.17) is 9.47 Å². The van der Waals surface area contributed by atoms with E-state index in [-0.39, 0.29) is 11.8 Å². The highest BCUT2D eigenvalue weighted by atomic mass is 32.2. The molecule has 7 heteroatoms. The van der Waals surface area contributed by atoms with Gasteiger partial charge in [-0.3, -0.25) is 9.59 Å². The van der Waals surface area contributed by atoms with Crippen molar-refractivity contribution < 1.29 is 19.1 Å². The van der Waals surface area contributed by atoms with E-state index >= 15 is 0 Å². The Labute approximate surface area is 245 Å². The van der Waals surface area contributed by atoms with E-state index in [0.717, 1.165) is 44.3 Å². The number of thioether (sulfide) groups is 1. The molecule has 4 aromatic carbocycles. The summed E-state index contributed by atoms with van der Waals surface area (Å²) in [6.45, 7) is 2.86. The molecule has 4 aromatic rings. The monoisotopic (exact) mass is 564 g/mol. The van der Waals surface area contributed by atoms with E-state index in [1.165, 1.54) is 11.8 Å². The maximum absolute atomic E-state index is 13.8. The minimum Gasteiger partial charge on any atom is -0.497 e. The number of nitrogens with one attached hydrogen (secondary N) is 1. The van der Waals surface area contributed by atoms with Crippen molar-refractivity contribution in [2.24, 2.45) is 0 Å². The zero-order valence-corrected chi connectivity index (χ0v) is 24.2. The van der Waals surface area contributed by atoms with Crippen molar-refractivity contribution in [3.8, 4) is 11.5 Å². The van der Waals surface area contributed by atoms with Crippen molar-refractivity contribution in [2.45, 2.75) is 24.8 Å². The number of amides is 2. The first-order chi connectivity index (χ1) is 19.9. The van der Waals surface area contributed by atoms with Gasteiger partial charge in [0, 0.05) is 17.0 Å². The van der Waals surface area contributed by atoms with Crippen LogP contribution in [-0.4, -0.2) is 32.6 Å². The lowest BCUT2D eigenvalue weighted by Gasteiger charge is -2.31. The molecule has 1 aliphatic rings. The number of methoxy groups -OCH3 is 2. The molecule has 0 spiro atoms. The molecule has 1 aliphatic heterocycles. The van der Waals surface area contributed by atoms with Crippen LogP contribution in [0.15, 0.2) is 101 Å². The zero-order valence-electron chi connectivity index (χ0n) is 23.3. The normalized spacial score (nSPS) is 13.6. The number of anilines is 1. The number of nitrogens with zero attached hydrogens (tertiary/aromatic N) is 1. The van der Waals surface area contributed by atoms with Crippen LogP contribution in [0.3, 0.4) is 0 Å².